The maximum atomic E-state index is 6.36. The Morgan fingerprint density at radius 2 is 1.81 bits per heavy atom. The maximum absolute atomic E-state index is 6.36. The summed E-state index contributed by atoms with van der Waals surface area (Å²) in [6.07, 6.45) is 8.07. The van der Waals surface area contributed by atoms with Crippen molar-refractivity contribution in [2.24, 2.45) is 11.7 Å². The highest BCUT2D eigenvalue weighted by molar-refractivity contribution is 4.84. The summed E-state index contributed by atoms with van der Waals surface area (Å²) >= 11 is 0. The first-order valence-corrected chi connectivity index (χ1v) is 6.94. The normalized spacial score (nSPS) is 21.4. The van der Waals surface area contributed by atoms with Crippen molar-refractivity contribution in [1.29, 1.82) is 0 Å². The van der Waals surface area contributed by atoms with Crippen LogP contribution in [0.15, 0.2) is 0 Å². The smallest absolute Gasteiger partial charge is 0.0196 e. The third kappa shape index (κ3) is 3.74. The van der Waals surface area contributed by atoms with Crippen LogP contribution < -0.4 is 5.73 Å². The molecule has 1 fully saturated rings. The number of nitrogens with zero attached hydrogens (tertiary/aromatic N) is 1. The van der Waals surface area contributed by atoms with Crippen LogP contribution in [-0.2, 0) is 0 Å². The van der Waals surface area contributed by atoms with Gasteiger partial charge in [0, 0.05) is 18.1 Å². The minimum atomic E-state index is 0.284. The fourth-order valence-corrected chi connectivity index (χ4v) is 2.54. The molecule has 1 aliphatic carbocycles. The topological polar surface area (TPSA) is 29.3 Å². The molecule has 2 heteroatoms. The van der Waals surface area contributed by atoms with Gasteiger partial charge >= 0.3 is 0 Å². The molecule has 0 amide bonds. The zero-order valence-electron chi connectivity index (χ0n) is 11.6. The lowest BCUT2D eigenvalue weighted by molar-refractivity contribution is 0.124. The predicted octanol–water partition coefficient (Wildman–Crippen LogP) is 3.01. The van der Waals surface area contributed by atoms with Gasteiger partial charge in [-0.25, -0.2) is 0 Å². The molecule has 1 saturated carbocycles. The summed E-state index contributed by atoms with van der Waals surface area (Å²) in [5.74, 6) is 0.767. The van der Waals surface area contributed by atoms with Crippen LogP contribution in [0.3, 0.4) is 0 Å². The maximum Gasteiger partial charge on any atom is 0.0196 e. The number of nitrogens with two attached hydrogens (primary N) is 1. The second-order valence-corrected chi connectivity index (χ2v) is 6.11. The van der Waals surface area contributed by atoms with E-state index in [-0.39, 0.29) is 5.54 Å². The Morgan fingerprint density at radius 3 is 2.31 bits per heavy atom. The monoisotopic (exact) mass is 226 g/mol. The van der Waals surface area contributed by atoms with Crippen molar-refractivity contribution in [3.8, 4) is 0 Å². The van der Waals surface area contributed by atoms with Crippen LogP contribution in [0, 0.1) is 5.92 Å². The van der Waals surface area contributed by atoms with Gasteiger partial charge in [0.25, 0.3) is 0 Å². The van der Waals surface area contributed by atoms with E-state index >= 15 is 0 Å². The van der Waals surface area contributed by atoms with E-state index < -0.39 is 0 Å². The summed E-state index contributed by atoms with van der Waals surface area (Å²) < 4.78 is 0. The second kappa shape index (κ2) is 6.02. The quantitative estimate of drug-likeness (QED) is 0.781. The molecule has 0 aromatic carbocycles. The Kier molecular flexibility index (Phi) is 5.26. The van der Waals surface area contributed by atoms with Gasteiger partial charge in [0.1, 0.15) is 0 Å². The van der Waals surface area contributed by atoms with E-state index in [1.165, 1.54) is 38.5 Å². The average molecular weight is 226 g/mol. The van der Waals surface area contributed by atoms with E-state index in [0.717, 1.165) is 12.5 Å². The zero-order valence-corrected chi connectivity index (χ0v) is 11.6. The van der Waals surface area contributed by atoms with E-state index in [2.05, 4.69) is 32.7 Å². The Labute approximate surface area is 102 Å². The van der Waals surface area contributed by atoms with E-state index in [4.69, 9.17) is 5.73 Å². The molecule has 1 atom stereocenters. The third-order valence-electron chi connectivity index (χ3n) is 4.64. The van der Waals surface area contributed by atoms with Crippen molar-refractivity contribution in [3.63, 3.8) is 0 Å². The van der Waals surface area contributed by atoms with Crippen molar-refractivity contribution < 1.29 is 0 Å². The lowest BCUT2D eigenvalue weighted by atomic mass is 9.83. The molecule has 2 N–H and O–H groups in total. The fraction of sp³-hybridized carbons (Fsp3) is 1.00. The summed E-state index contributed by atoms with van der Waals surface area (Å²) in [6, 6.07) is 0.371. The molecule has 0 heterocycles. The van der Waals surface area contributed by atoms with Crippen LogP contribution >= 0.6 is 0 Å². The molecule has 1 unspecified atom stereocenters. The third-order valence-corrected chi connectivity index (χ3v) is 4.64. The van der Waals surface area contributed by atoms with Gasteiger partial charge in [0.15, 0.2) is 0 Å². The van der Waals surface area contributed by atoms with Gasteiger partial charge in [0.05, 0.1) is 0 Å². The molecule has 2 nitrogen and oxygen atoms in total. The van der Waals surface area contributed by atoms with Crippen molar-refractivity contribution in [2.75, 3.05) is 13.6 Å². The molecule has 0 radical (unpaired) electrons. The molecule has 0 bridgehead atoms. The lowest BCUT2D eigenvalue weighted by Gasteiger charge is -2.38. The molecular weight excluding hydrogens is 196 g/mol. The molecule has 1 aliphatic rings. The average Bonchev–Trinajstić information content (AvgIpc) is 2.30. The highest BCUT2D eigenvalue weighted by Gasteiger charge is 2.26. The Balaban J connectivity index is 2.40. The van der Waals surface area contributed by atoms with Crippen LogP contribution in [0.5, 0.6) is 0 Å². The first-order chi connectivity index (χ1) is 7.47. The van der Waals surface area contributed by atoms with Gasteiger partial charge in [0.2, 0.25) is 0 Å². The van der Waals surface area contributed by atoms with Crippen molar-refractivity contribution in [2.45, 2.75) is 70.9 Å². The highest BCUT2D eigenvalue weighted by atomic mass is 15.2. The summed E-state index contributed by atoms with van der Waals surface area (Å²) in [7, 11) is 2.21. The SMILES string of the molecule is CCC(C)(C)N(C)CC(N)C1CCCCC1. The molecule has 0 saturated heterocycles. The molecule has 0 aromatic rings. The Morgan fingerprint density at radius 1 is 1.25 bits per heavy atom. The van der Waals surface area contributed by atoms with Crippen LogP contribution in [-0.4, -0.2) is 30.1 Å². The molecule has 96 valence electrons. The van der Waals surface area contributed by atoms with E-state index in [0.29, 0.717) is 6.04 Å². The van der Waals surface area contributed by atoms with Gasteiger partial charge in [-0.05, 0) is 46.1 Å². The molecule has 0 aliphatic heterocycles. The molecule has 1 rings (SSSR count). The van der Waals surface area contributed by atoms with Crippen molar-refractivity contribution in [1.82, 2.24) is 4.90 Å². The van der Waals surface area contributed by atoms with Gasteiger partial charge < -0.3 is 5.73 Å². The van der Waals surface area contributed by atoms with Crippen LogP contribution in [0.2, 0.25) is 0 Å². The first kappa shape index (κ1) is 14.0. The summed E-state index contributed by atoms with van der Waals surface area (Å²) in [5.41, 5.74) is 6.64. The van der Waals surface area contributed by atoms with Crippen LogP contribution in [0.1, 0.15) is 59.3 Å². The number of likely N-dealkylation sites (N-methyl/N-ethyl adjacent to an activating group) is 1. The molecule has 0 aromatic heterocycles. The summed E-state index contributed by atoms with van der Waals surface area (Å²) in [4.78, 5) is 2.44. The number of rotatable bonds is 5. The summed E-state index contributed by atoms with van der Waals surface area (Å²) in [6.45, 7) is 7.91. The first-order valence-electron chi connectivity index (χ1n) is 6.94. The minimum Gasteiger partial charge on any atom is -0.326 e. The lowest BCUT2D eigenvalue weighted by Crippen LogP contribution is -2.49. The number of hydrogen-bond donors (Lipinski definition) is 1. The van der Waals surface area contributed by atoms with E-state index in [1.807, 2.05) is 0 Å². The van der Waals surface area contributed by atoms with Crippen LogP contribution in [0.25, 0.3) is 0 Å². The van der Waals surface area contributed by atoms with Gasteiger partial charge in [-0.2, -0.15) is 0 Å². The Bertz CT molecular complexity index is 195. The van der Waals surface area contributed by atoms with Gasteiger partial charge in [-0.15, -0.1) is 0 Å². The zero-order chi connectivity index (χ0) is 12.2. The van der Waals surface area contributed by atoms with E-state index in [9.17, 15) is 0 Å². The van der Waals surface area contributed by atoms with Crippen molar-refractivity contribution >= 4 is 0 Å². The minimum absolute atomic E-state index is 0.284. The van der Waals surface area contributed by atoms with Crippen molar-refractivity contribution in [3.05, 3.63) is 0 Å². The number of hydrogen-bond acceptors (Lipinski definition) is 2. The molecule has 16 heavy (non-hydrogen) atoms. The molecule has 0 spiro atoms. The van der Waals surface area contributed by atoms with Crippen LogP contribution in [0.4, 0.5) is 0 Å². The van der Waals surface area contributed by atoms with Gasteiger partial charge in [-0.3, -0.25) is 4.90 Å². The fourth-order valence-electron chi connectivity index (χ4n) is 2.54. The predicted molar refractivity (Wildman–Crippen MR) is 71.6 cm³/mol. The van der Waals surface area contributed by atoms with Gasteiger partial charge in [-0.1, -0.05) is 26.2 Å². The second-order valence-electron chi connectivity index (χ2n) is 6.11. The Hall–Kier alpha value is -0.0800. The highest BCUT2D eigenvalue weighted by Crippen LogP contribution is 2.27. The van der Waals surface area contributed by atoms with E-state index in [1.54, 1.807) is 0 Å². The summed E-state index contributed by atoms with van der Waals surface area (Å²) in [5, 5.41) is 0. The molecular formula is C14H30N2. The standard InChI is InChI=1S/C14H30N2/c1-5-14(2,3)16(4)11-13(15)12-9-7-6-8-10-12/h12-13H,5-11,15H2,1-4H3. The largest absolute Gasteiger partial charge is 0.326 e.